The average Bonchev–Trinajstić information content (AvgIpc) is 2.99. The van der Waals surface area contributed by atoms with Crippen LogP contribution in [0.4, 0.5) is 0 Å². The van der Waals surface area contributed by atoms with E-state index in [0.717, 1.165) is 0 Å². The van der Waals surface area contributed by atoms with E-state index in [-0.39, 0.29) is 18.1 Å². The van der Waals surface area contributed by atoms with Crippen molar-refractivity contribution in [1.82, 2.24) is 9.55 Å². The van der Waals surface area contributed by atoms with Crippen LogP contribution >= 0.6 is 27.5 Å². The summed E-state index contributed by atoms with van der Waals surface area (Å²) in [5.74, 6) is 0.131. The van der Waals surface area contributed by atoms with Crippen molar-refractivity contribution in [3.8, 4) is 0 Å². The molecule has 0 bridgehead atoms. The Balaban J connectivity index is 2.23. The highest BCUT2D eigenvalue weighted by Gasteiger charge is 2.38. The summed E-state index contributed by atoms with van der Waals surface area (Å²) in [6, 6.07) is 0. The molecule has 4 atom stereocenters. The number of ether oxygens (including phenoxy) is 3. The average molecular weight is 440 g/mol. The second-order valence-corrected chi connectivity index (χ2v) is 6.14. The van der Waals surface area contributed by atoms with Crippen LogP contribution in [0.2, 0.25) is 0 Å². The largest absolute Gasteiger partial charge is 0.394 e. The zero-order valence-electron chi connectivity index (χ0n) is 13.6. The van der Waals surface area contributed by atoms with Crippen LogP contribution in [0.3, 0.4) is 0 Å². The van der Waals surface area contributed by atoms with E-state index < -0.39 is 36.0 Å². The number of nitrogens with one attached hydrogen (secondary N) is 1. The van der Waals surface area contributed by atoms with E-state index in [2.05, 4.69) is 20.9 Å². The molecule has 0 aliphatic carbocycles. The molecule has 1 aromatic rings. The van der Waals surface area contributed by atoms with Gasteiger partial charge in [0.1, 0.15) is 12.3 Å². The van der Waals surface area contributed by atoms with Crippen molar-refractivity contribution in [2.24, 2.45) is 0 Å². The fourth-order valence-corrected chi connectivity index (χ4v) is 3.03. The maximum absolute atomic E-state index is 12.1. The lowest BCUT2D eigenvalue weighted by Gasteiger charge is -2.22. The van der Waals surface area contributed by atoms with Crippen LogP contribution in [0.5, 0.6) is 0 Å². The zero-order valence-corrected chi connectivity index (χ0v) is 15.9. The predicted molar refractivity (Wildman–Crippen MR) is 95.9 cm³/mol. The molecule has 1 aliphatic heterocycles. The molecule has 2 heterocycles. The molecule has 0 radical (unpaired) electrons. The van der Waals surface area contributed by atoms with Gasteiger partial charge >= 0.3 is 5.69 Å². The van der Waals surface area contributed by atoms with Gasteiger partial charge in [-0.05, 0) is 18.0 Å². The van der Waals surface area contributed by atoms with Gasteiger partial charge in [0.25, 0.3) is 5.56 Å². The first kappa shape index (κ1) is 20.3. The van der Waals surface area contributed by atoms with Crippen molar-refractivity contribution < 1.29 is 19.3 Å². The van der Waals surface area contributed by atoms with Gasteiger partial charge in [0, 0.05) is 19.2 Å². The van der Waals surface area contributed by atoms with E-state index in [1.807, 2.05) is 6.92 Å². The molecule has 0 spiro atoms. The number of hydrogen-bond donors (Lipinski definition) is 2. The topological polar surface area (TPSA) is 103 Å². The van der Waals surface area contributed by atoms with E-state index in [0.29, 0.717) is 13.0 Å². The van der Waals surface area contributed by atoms with Gasteiger partial charge in [-0.25, -0.2) is 4.79 Å². The van der Waals surface area contributed by atoms with Crippen LogP contribution in [0.15, 0.2) is 20.8 Å². The van der Waals surface area contributed by atoms with Crippen molar-refractivity contribution in [3.63, 3.8) is 0 Å². The normalized spacial score (nSPS) is 24.9. The quantitative estimate of drug-likeness (QED) is 0.466. The molecule has 0 amide bonds. The van der Waals surface area contributed by atoms with E-state index in [1.54, 1.807) is 0 Å². The molecule has 0 aromatic carbocycles. The first-order valence-corrected chi connectivity index (χ1v) is 9.20. The van der Waals surface area contributed by atoms with Gasteiger partial charge in [0.15, 0.2) is 6.29 Å². The Hall–Kier alpha value is -0.970. The Morgan fingerprint density at radius 2 is 2.36 bits per heavy atom. The zero-order chi connectivity index (χ0) is 18.4. The van der Waals surface area contributed by atoms with Crippen LogP contribution in [0, 0.1) is 0 Å². The highest BCUT2D eigenvalue weighted by Crippen LogP contribution is 2.30. The standard InChI is InChI=1S/C15H20BrClN2O6/c1-2-23-13(6-17)25-10-5-12(24-11(10)8-20)19-7-9(3-4-16)14(21)18-15(19)22/h3-4,7,10-13,20H,2,5-6,8H2,1H3,(H,18,21,22)/t10-,11+,12+,13?/m0/s1. The minimum atomic E-state index is -0.688. The summed E-state index contributed by atoms with van der Waals surface area (Å²) in [5, 5.41) is 9.53. The number of hydrogen-bond acceptors (Lipinski definition) is 6. The monoisotopic (exact) mass is 438 g/mol. The first-order chi connectivity index (χ1) is 12.0. The number of rotatable bonds is 8. The minimum Gasteiger partial charge on any atom is -0.394 e. The lowest BCUT2D eigenvalue weighted by atomic mass is 10.2. The maximum atomic E-state index is 12.1. The van der Waals surface area contributed by atoms with Gasteiger partial charge in [0.2, 0.25) is 0 Å². The summed E-state index contributed by atoms with van der Waals surface area (Å²) in [4.78, 5) is 27.6. The number of H-pyrrole nitrogens is 1. The Kier molecular flexibility index (Phi) is 7.85. The maximum Gasteiger partial charge on any atom is 0.330 e. The molecule has 140 valence electrons. The molecule has 8 nitrogen and oxygen atoms in total. The van der Waals surface area contributed by atoms with Crippen molar-refractivity contribution in [2.75, 3.05) is 19.1 Å². The van der Waals surface area contributed by atoms with Gasteiger partial charge in [-0.15, -0.1) is 11.6 Å². The summed E-state index contributed by atoms with van der Waals surface area (Å²) in [6.45, 7) is 1.97. The van der Waals surface area contributed by atoms with E-state index >= 15 is 0 Å². The number of halogens is 2. The lowest BCUT2D eigenvalue weighted by molar-refractivity contribution is -0.170. The highest BCUT2D eigenvalue weighted by atomic mass is 79.9. The van der Waals surface area contributed by atoms with Gasteiger partial charge in [-0.1, -0.05) is 15.9 Å². The van der Waals surface area contributed by atoms with Crippen molar-refractivity contribution >= 4 is 33.6 Å². The molecule has 25 heavy (non-hydrogen) atoms. The molecular weight excluding hydrogens is 420 g/mol. The summed E-state index contributed by atoms with van der Waals surface area (Å²) < 4.78 is 18.1. The summed E-state index contributed by atoms with van der Waals surface area (Å²) >= 11 is 8.90. The van der Waals surface area contributed by atoms with Crippen molar-refractivity contribution in [3.05, 3.63) is 37.6 Å². The van der Waals surface area contributed by atoms with Gasteiger partial charge < -0.3 is 19.3 Å². The Labute approximate surface area is 157 Å². The summed E-state index contributed by atoms with van der Waals surface area (Å²) in [6.07, 6.45) is 0.764. The molecule has 1 saturated heterocycles. The molecular formula is C15H20BrClN2O6. The Morgan fingerprint density at radius 3 is 2.96 bits per heavy atom. The molecule has 1 unspecified atom stereocenters. The molecule has 1 aromatic heterocycles. The van der Waals surface area contributed by atoms with Crippen molar-refractivity contribution in [2.45, 2.75) is 38.1 Å². The molecule has 1 aliphatic rings. The van der Waals surface area contributed by atoms with Crippen LogP contribution in [-0.4, -0.2) is 52.2 Å². The van der Waals surface area contributed by atoms with Crippen LogP contribution < -0.4 is 11.2 Å². The van der Waals surface area contributed by atoms with Crippen molar-refractivity contribution in [1.29, 1.82) is 0 Å². The third kappa shape index (κ3) is 5.02. The number of aromatic amines is 1. The number of alkyl halides is 1. The minimum absolute atomic E-state index is 0.131. The fourth-order valence-electron chi connectivity index (χ4n) is 2.58. The van der Waals surface area contributed by atoms with Gasteiger partial charge in [0.05, 0.1) is 24.2 Å². The predicted octanol–water partition coefficient (Wildman–Crippen LogP) is 1.17. The molecule has 2 rings (SSSR count). The van der Waals surface area contributed by atoms with E-state index in [1.165, 1.54) is 21.8 Å². The molecule has 2 N–H and O–H groups in total. The van der Waals surface area contributed by atoms with Crippen LogP contribution in [0.25, 0.3) is 6.08 Å². The third-order valence-corrected chi connectivity index (χ3v) is 4.23. The SMILES string of the molecule is CCOC(CCl)O[C@H]1C[C@H](n2cc(C=CBr)c(=O)[nH]c2=O)O[C@@H]1CO. The number of aliphatic hydroxyl groups excluding tert-OH is 1. The van der Waals surface area contributed by atoms with Crippen LogP contribution in [0.1, 0.15) is 25.1 Å². The Morgan fingerprint density at radius 1 is 1.60 bits per heavy atom. The molecule has 1 fully saturated rings. The summed E-state index contributed by atoms with van der Waals surface area (Å²) in [5.41, 5.74) is -0.810. The van der Waals surface area contributed by atoms with Crippen LogP contribution in [-0.2, 0) is 14.2 Å². The molecule has 10 heteroatoms. The fraction of sp³-hybridized carbons (Fsp3) is 0.600. The smallest absolute Gasteiger partial charge is 0.330 e. The second-order valence-electron chi connectivity index (χ2n) is 5.30. The first-order valence-electron chi connectivity index (χ1n) is 7.75. The van der Waals surface area contributed by atoms with Gasteiger partial charge in [-0.2, -0.15) is 0 Å². The van der Waals surface area contributed by atoms with E-state index in [9.17, 15) is 14.7 Å². The Bertz CT molecular complexity index is 706. The lowest BCUT2D eigenvalue weighted by Crippen LogP contribution is -2.33. The second kappa shape index (κ2) is 9.65. The molecule has 0 saturated carbocycles. The highest BCUT2D eigenvalue weighted by molar-refractivity contribution is 9.11. The number of aromatic nitrogens is 2. The number of aliphatic hydroxyl groups is 1. The van der Waals surface area contributed by atoms with E-state index in [4.69, 9.17) is 25.8 Å². The number of nitrogens with zero attached hydrogens (tertiary/aromatic N) is 1. The van der Waals surface area contributed by atoms with Gasteiger partial charge in [-0.3, -0.25) is 14.3 Å². The third-order valence-electron chi connectivity index (χ3n) is 3.71. The summed E-state index contributed by atoms with van der Waals surface area (Å²) in [7, 11) is 0.